The van der Waals surface area contributed by atoms with E-state index in [1.165, 1.54) is 4.31 Å². The Balaban J connectivity index is 1.86. The third kappa shape index (κ3) is 10.1. The van der Waals surface area contributed by atoms with Crippen molar-refractivity contribution in [2.24, 2.45) is 0 Å². The molecule has 0 unspecified atom stereocenters. The van der Waals surface area contributed by atoms with Crippen molar-refractivity contribution in [1.82, 2.24) is 10.2 Å². The number of nitrogens with one attached hydrogen (secondary N) is 1. The van der Waals surface area contributed by atoms with Crippen molar-refractivity contribution in [3.63, 3.8) is 0 Å². The Hall–Kier alpha value is -3.56. The Labute approximate surface area is 254 Å². The van der Waals surface area contributed by atoms with Gasteiger partial charge < -0.3 is 15.0 Å². The van der Waals surface area contributed by atoms with Gasteiger partial charge in [0.1, 0.15) is 11.8 Å². The van der Waals surface area contributed by atoms with Gasteiger partial charge in [-0.15, -0.1) is 0 Å². The van der Waals surface area contributed by atoms with Gasteiger partial charge in [0, 0.05) is 37.0 Å². The number of amides is 2. The van der Waals surface area contributed by atoms with Gasteiger partial charge in [0.25, 0.3) is 0 Å². The van der Waals surface area contributed by atoms with Crippen molar-refractivity contribution in [2.75, 3.05) is 23.7 Å². The summed E-state index contributed by atoms with van der Waals surface area (Å²) in [6.45, 7) is 6.41. The minimum Gasteiger partial charge on any atom is -0.494 e. The van der Waals surface area contributed by atoms with Gasteiger partial charge in [0.2, 0.25) is 21.8 Å². The van der Waals surface area contributed by atoms with Gasteiger partial charge in [-0.3, -0.25) is 13.9 Å². The Morgan fingerprint density at radius 1 is 0.952 bits per heavy atom. The van der Waals surface area contributed by atoms with Crippen molar-refractivity contribution in [2.45, 2.75) is 58.7 Å². The Bertz CT molecular complexity index is 1420. The number of carbonyl (C=O) groups is 2. The van der Waals surface area contributed by atoms with E-state index in [2.05, 4.69) is 5.32 Å². The van der Waals surface area contributed by atoms with E-state index in [-0.39, 0.29) is 43.8 Å². The standard InChI is InChI=1S/C32H40ClN3O5S/c1-5-41-29-18-16-28(17-19-29)36(42(4,39)40)20-10-15-31(37)35(23-26-13-9-14-27(33)21-26)30(32(38)34-24(2)3)22-25-11-7-6-8-12-25/h6-9,11-14,16-19,21,24,30H,5,10,15,20,22-23H2,1-4H3,(H,34,38)/t30-/m0/s1. The topological polar surface area (TPSA) is 96.0 Å². The fourth-order valence-corrected chi connectivity index (χ4v) is 5.82. The molecule has 0 aliphatic heterocycles. The molecule has 42 heavy (non-hydrogen) atoms. The first-order valence-electron chi connectivity index (χ1n) is 14.1. The van der Waals surface area contributed by atoms with E-state index in [1.54, 1.807) is 41.3 Å². The molecule has 1 N–H and O–H groups in total. The van der Waals surface area contributed by atoms with Crippen LogP contribution < -0.4 is 14.4 Å². The van der Waals surface area contributed by atoms with Gasteiger partial charge >= 0.3 is 0 Å². The summed E-state index contributed by atoms with van der Waals surface area (Å²) >= 11 is 6.24. The quantitative estimate of drug-likeness (QED) is 0.246. The third-order valence-electron chi connectivity index (χ3n) is 6.53. The van der Waals surface area contributed by atoms with Crippen molar-refractivity contribution in [3.05, 3.63) is 95.0 Å². The summed E-state index contributed by atoms with van der Waals surface area (Å²) in [5, 5.41) is 3.50. The zero-order valence-electron chi connectivity index (χ0n) is 24.6. The van der Waals surface area contributed by atoms with E-state index < -0.39 is 16.1 Å². The summed E-state index contributed by atoms with van der Waals surface area (Å²) in [5.74, 6) is 0.136. The van der Waals surface area contributed by atoms with E-state index >= 15 is 0 Å². The first kappa shape index (κ1) is 32.9. The van der Waals surface area contributed by atoms with Crippen molar-refractivity contribution >= 4 is 39.1 Å². The lowest BCUT2D eigenvalue weighted by molar-refractivity contribution is -0.141. The summed E-state index contributed by atoms with van der Waals surface area (Å²) < 4.78 is 32.1. The summed E-state index contributed by atoms with van der Waals surface area (Å²) in [5.41, 5.74) is 2.20. The first-order valence-corrected chi connectivity index (χ1v) is 16.3. The molecule has 0 heterocycles. The Morgan fingerprint density at radius 3 is 2.21 bits per heavy atom. The predicted octanol–water partition coefficient (Wildman–Crippen LogP) is 5.45. The maximum atomic E-state index is 13.9. The van der Waals surface area contributed by atoms with E-state index in [9.17, 15) is 18.0 Å². The average Bonchev–Trinajstić information content (AvgIpc) is 2.93. The number of rotatable bonds is 15. The molecule has 0 aromatic heterocycles. The highest BCUT2D eigenvalue weighted by atomic mass is 35.5. The SMILES string of the molecule is CCOc1ccc(N(CCCC(=O)N(Cc2cccc(Cl)c2)[C@@H](Cc2ccccc2)C(=O)NC(C)C)S(C)(=O)=O)cc1. The number of carbonyl (C=O) groups excluding carboxylic acids is 2. The number of sulfonamides is 1. The minimum absolute atomic E-state index is 0.0455. The van der Waals surface area contributed by atoms with Crippen LogP contribution >= 0.6 is 11.6 Å². The molecule has 1 atom stereocenters. The van der Waals surface area contributed by atoms with Gasteiger partial charge in [0.05, 0.1) is 18.6 Å². The predicted molar refractivity (Wildman–Crippen MR) is 168 cm³/mol. The van der Waals surface area contributed by atoms with Crippen LogP contribution in [0.2, 0.25) is 5.02 Å². The molecule has 2 amide bonds. The lowest BCUT2D eigenvalue weighted by Crippen LogP contribution is -2.51. The van der Waals surface area contributed by atoms with Crippen LogP contribution in [0.25, 0.3) is 0 Å². The number of nitrogens with zero attached hydrogens (tertiary/aromatic N) is 2. The Morgan fingerprint density at radius 2 is 1.62 bits per heavy atom. The fourth-order valence-electron chi connectivity index (χ4n) is 4.65. The molecule has 0 spiro atoms. The molecule has 0 aliphatic rings. The van der Waals surface area contributed by atoms with Crippen LogP contribution in [-0.4, -0.2) is 56.6 Å². The zero-order valence-corrected chi connectivity index (χ0v) is 26.2. The van der Waals surface area contributed by atoms with Crippen LogP contribution in [0.15, 0.2) is 78.9 Å². The van der Waals surface area contributed by atoms with Gasteiger partial charge in [-0.05, 0) is 74.7 Å². The second kappa shape index (κ2) is 15.6. The molecular formula is C32H40ClN3O5S. The van der Waals surface area contributed by atoms with Crippen molar-refractivity contribution in [3.8, 4) is 5.75 Å². The second-order valence-electron chi connectivity index (χ2n) is 10.4. The molecular weight excluding hydrogens is 574 g/mol. The number of ether oxygens (including phenoxy) is 1. The number of benzene rings is 3. The van der Waals surface area contributed by atoms with E-state index in [4.69, 9.17) is 16.3 Å². The molecule has 8 nitrogen and oxygen atoms in total. The van der Waals surface area contributed by atoms with E-state index in [1.807, 2.05) is 63.2 Å². The lowest BCUT2D eigenvalue weighted by Gasteiger charge is -2.32. The molecule has 0 saturated carbocycles. The van der Waals surface area contributed by atoms with Crippen molar-refractivity contribution in [1.29, 1.82) is 0 Å². The lowest BCUT2D eigenvalue weighted by atomic mass is 10.0. The number of anilines is 1. The highest BCUT2D eigenvalue weighted by molar-refractivity contribution is 7.92. The van der Waals surface area contributed by atoms with Gasteiger partial charge in [-0.2, -0.15) is 0 Å². The van der Waals surface area contributed by atoms with Crippen LogP contribution in [0.1, 0.15) is 44.7 Å². The highest BCUT2D eigenvalue weighted by Crippen LogP contribution is 2.23. The molecule has 0 radical (unpaired) electrons. The summed E-state index contributed by atoms with van der Waals surface area (Å²) in [4.78, 5) is 29.0. The Kier molecular flexibility index (Phi) is 12.2. The smallest absolute Gasteiger partial charge is 0.243 e. The van der Waals surface area contributed by atoms with Crippen LogP contribution in [0.5, 0.6) is 5.75 Å². The third-order valence-corrected chi connectivity index (χ3v) is 7.96. The molecule has 3 rings (SSSR count). The summed E-state index contributed by atoms with van der Waals surface area (Å²) in [6, 6.07) is 22.7. The normalized spacial score (nSPS) is 12.0. The average molecular weight is 614 g/mol. The van der Waals surface area contributed by atoms with Gasteiger partial charge in [-0.1, -0.05) is 54.1 Å². The van der Waals surface area contributed by atoms with Gasteiger partial charge in [0.15, 0.2) is 0 Å². The highest BCUT2D eigenvalue weighted by Gasteiger charge is 2.31. The number of halogens is 1. The molecule has 0 bridgehead atoms. The summed E-state index contributed by atoms with van der Waals surface area (Å²) in [7, 11) is -3.61. The van der Waals surface area contributed by atoms with E-state index in [0.29, 0.717) is 29.5 Å². The largest absolute Gasteiger partial charge is 0.494 e. The molecule has 3 aromatic carbocycles. The molecule has 226 valence electrons. The molecule has 3 aromatic rings. The molecule has 0 fully saturated rings. The first-order chi connectivity index (χ1) is 20.0. The monoisotopic (exact) mass is 613 g/mol. The zero-order chi connectivity index (χ0) is 30.7. The molecule has 0 aliphatic carbocycles. The van der Waals surface area contributed by atoms with Crippen LogP contribution in [0, 0.1) is 0 Å². The molecule has 0 saturated heterocycles. The molecule has 10 heteroatoms. The van der Waals surface area contributed by atoms with Crippen molar-refractivity contribution < 1.29 is 22.7 Å². The minimum atomic E-state index is -3.61. The summed E-state index contributed by atoms with van der Waals surface area (Å²) in [6.07, 6.45) is 1.77. The van der Waals surface area contributed by atoms with Crippen LogP contribution in [0.4, 0.5) is 5.69 Å². The fraction of sp³-hybridized carbons (Fsp3) is 0.375. The number of hydrogen-bond donors (Lipinski definition) is 1. The number of hydrogen-bond acceptors (Lipinski definition) is 5. The maximum Gasteiger partial charge on any atom is 0.243 e. The van der Waals surface area contributed by atoms with E-state index in [0.717, 1.165) is 17.4 Å². The van der Waals surface area contributed by atoms with Crippen LogP contribution in [-0.2, 0) is 32.6 Å². The van der Waals surface area contributed by atoms with Gasteiger partial charge in [-0.25, -0.2) is 8.42 Å². The second-order valence-corrected chi connectivity index (χ2v) is 12.7. The maximum absolute atomic E-state index is 13.9. The van der Waals surface area contributed by atoms with Crippen LogP contribution in [0.3, 0.4) is 0 Å².